The lowest BCUT2D eigenvalue weighted by molar-refractivity contribution is 0.0500. The second kappa shape index (κ2) is 10.8. The number of carbonyl (C=O) groups is 3. The van der Waals surface area contributed by atoms with Crippen LogP contribution in [0.3, 0.4) is 0 Å². The topological polar surface area (TPSA) is 78.9 Å². The molecule has 6 nitrogen and oxygen atoms in total. The Hall–Kier alpha value is -2.97. The van der Waals surface area contributed by atoms with Crippen molar-refractivity contribution in [3.63, 3.8) is 0 Å². The first kappa shape index (κ1) is 24.7. The van der Waals surface area contributed by atoms with E-state index in [0.717, 1.165) is 14.5 Å². The highest BCUT2D eigenvalue weighted by molar-refractivity contribution is 9.10. The van der Waals surface area contributed by atoms with E-state index in [0.29, 0.717) is 16.7 Å². The van der Waals surface area contributed by atoms with Crippen LogP contribution in [0.15, 0.2) is 63.5 Å². The van der Waals surface area contributed by atoms with Crippen molar-refractivity contribution in [3.8, 4) is 22.3 Å². The van der Waals surface area contributed by atoms with E-state index in [1.165, 1.54) is 14.2 Å². The molecule has 8 heteroatoms. The van der Waals surface area contributed by atoms with Gasteiger partial charge in [-0.05, 0) is 53.9 Å². The van der Waals surface area contributed by atoms with Gasteiger partial charge in [-0.3, -0.25) is 0 Å². The average molecular weight is 576 g/mol. The molecule has 3 aromatic carbocycles. The van der Waals surface area contributed by atoms with E-state index in [2.05, 4.69) is 31.9 Å². The van der Waals surface area contributed by atoms with Gasteiger partial charge in [0.15, 0.2) is 0 Å². The third-order valence-corrected chi connectivity index (χ3v) is 5.95. The molecule has 0 spiro atoms. The van der Waals surface area contributed by atoms with Crippen LogP contribution in [0, 0.1) is 0 Å². The van der Waals surface area contributed by atoms with Gasteiger partial charge in [0.25, 0.3) is 0 Å². The number of benzene rings is 3. The molecule has 170 valence electrons. The first-order valence-corrected chi connectivity index (χ1v) is 11.5. The van der Waals surface area contributed by atoms with Crippen molar-refractivity contribution in [2.45, 2.75) is 6.92 Å². The number of carbonyl (C=O) groups excluding carboxylic acids is 3. The Morgan fingerprint density at radius 2 is 1.24 bits per heavy atom. The SMILES string of the molecule is CCOC(=O)c1c(C(=O)OC)c(C(=O)OC)cc(-c2ccc(Br)cc2)c1-c1ccc(Br)cc1. The maximum atomic E-state index is 13.2. The summed E-state index contributed by atoms with van der Waals surface area (Å²) in [6.45, 7) is 1.74. The Balaban J connectivity index is 2.55. The van der Waals surface area contributed by atoms with Gasteiger partial charge in [-0.25, -0.2) is 14.4 Å². The lowest BCUT2D eigenvalue weighted by Crippen LogP contribution is -2.20. The third-order valence-electron chi connectivity index (χ3n) is 4.89. The van der Waals surface area contributed by atoms with Crippen molar-refractivity contribution in [1.82, 2.24) is 0 Å². The normalized spacial score (nSPS) is 10.5. The van der Waals surface area contributed by atoms with Gasteiger partial charge < -0.3 is 14.2 Å². The Labute approximate surface area is 208 Å². The smallest absolute Gasteiger partial charge is 0.339 e. The van der Waals surface area contributed by atoms with Crippen LogP contribution in [0.5, 0.6) is 0 Å². The molecule has 0 aromatic heterocycles. The standard InChI is InChI=1S/C25H20Br2O6/c1-4-33-25(30)22-20(15-7-11-17(27)12-8-15)18(14-5-9-16(26)10-6-14)13-19(23(28)31-2)21(22)24(29)32-3/h5-13H,4H2,1-3H3. The number of esters is 3. The largest absolute Gasteiger partial charge is 0.465 e. The first-order chi connectivity index (χ1) is 15.8. The summed E-state index contributed by atoms with van der Waals surface area (Å²) >= 11 is 6.84. The van der Waals surface area contributed by atoms with Crippen LogP contribution in [0.1, 0.15) is 38.0 Å². The predicted molar refractivity (Wildman–Crippen MR) is 131 cm³/mol. The molecule has 33 heavy (non-hydrogen) atoms. The molecule has 3 aromatic rings. The third kappa shape index (κ3) is 5.17. The molecule has 0 radical (unpaired) electrons. The van der Waals surface area contributed by atoms with Crippen LogP contribution in [-0.2, 0) is 14.2 Å². The lowest BCUT2D eigenvalue weighted by Gasteiger charge is -2.20. The molecule has 0 aliphatic heterocycles. The zero-order valence-corrected chi connectivity index (χ0v) is 21.3. The van der Waals surface area contributed by atoms with E-state index in [1.54, 1.807) is 13.0 Å². The zero-order valence-electron chi connectivity index (χ0n) is 18.1. The van der Waals surface area contributed by atoms with E-state index in [1.807, 2.05) is 48.5 Å². The molecular formula is C25H20Br2O6. The summed E-state index contributed by atoms with van der Waals surface area (Å²) in [5.74, 6) is -2.37. The summed E-state index contributed by atoms with van der Waals surface area (Å²) in [6.07, 6.45) is 0. The molecule has 0 aliphatic rings. The van der Waals surface area contributed by atoms with Crippen LogP contribution < -0.4 is 0 Å². The summed E-state index contributed by atoms with van der Waals surface area (Å²) in [5, 5.41) is 0. The Morgan fingerprint density at radius 1 is 0.727 bits per heavy atom. The fourth-order valence-corrected chi connectivity index (χ4v) is 3.98. The second-order valence-electron chi connectivity index (χ2n) is 6.81. The number of rotatable bonds is 6. The maximum Gasteiger partial charge on any atom is 0.339 e. The highest BCUT2D eigenvalue weighted by Crippen LogP contribution is 2.40. The van der Waals surface area contributed by atoms with E-state index in [-0.39, 0.29) is 23.3 Å². The molecule has 0 unspecified atom stereocenters. The highest BCUT2D eigenvalue weighted by atomic mass is 79.9. The van der Waals surface area contributed by atoms with Crippen LogP contribution in [0.4, 0.5) is 0 Å². The monoisotopic (exact) mass is 574 g/mol. The number of hydrogen-bond donors (Lipinski definition) is 0. The van der Waals surface area contributed by atoms with Gasteiger partial charge in [0.1, 0.15) is 0 Å². The van der Waals surface area contributed by atoms with Gasteiger partial charge in [0.05, 0.1) is 37.5 Å². The minimum Gasteiger partial charge on any atom is -0.465 e. The van der Waals surface area contributed by atoms with Crippen LogP contribution in [0.25, 0.3) is 22.3 Å². The molecule has 0 amide bonds. The number of halogens is 2. The molecular weight excluding hydrogens is 556 g/mol. The molecule has 0 atom stereocenters. The fourth-order valence-electron chi connectivity index (χ4n) is 3.45. The summed E-state index contributed by atoms with van der Waals surface area (Å²) in [4.78, 5) is 38.8. The quantitative estimate of drug-likeness (QED) is 0.254. The first-order valence-electron chi connectivity index (χ1n) is 9.89. The molecule has 0 bridgehead atoms. The van der Waals surface area contributed by atoms with Gasteiger partial charge in [0, 0.05) is 14.5 Å². The van der Waals surface area contributed by atoms with Crippen molar-refractivity contribution in [1.29, 1.82) is 0 Å². The number of methoxy groups -OCH3 is 2. The van der Waals surface area contributed by atoms with Crippen molar-refractivity contribution in [2.24, 2.45) is 0 Å². The molecule has 0 saturated heterocycles. The number of ether oxygens (including phenoxy) is 3. The van der Waals surface area contributed by atoms with E-state index in [9.17, 15) is 14.4 Å². The molecule has 0 heterocycles. The van der Waals surface area contributed by atoms with E-state index in [4.69, 9.17) is 14.2 Å². The van der Waals surface area contributed by atoms with Crippen molar-refractivity contribution >= 4 is 49.8 Å². The van der Waals surface area contributed by atoms with Gasteiger partial charge in [-0.15, -0.1) is 0 Å². The van der Waals surface area contributed by atoms with Gasteiger partial charge in [0.2, 0.25) is 0 Å². The maximum absolute atomic E-state index is 13.2. The van der Waals surface area contributed by atoms with Crippen molar-refractivity contribution in [3.05, 3.63) is 80.2 Å². The highest BCUT2D eigenvalue weighted by Gasteiger charge is 2.32. The van der Waals surface area contributed by atoms with Crippen LogP contribution in [0.2, 0.25) is 0 Å². The van der Waals surface area contributed by atoms with E-state index >= 15 is 0 Å². The van der Waals surface area contributed by atoms with Crippen molar-refractivity contribution < 1.29 is 28.6 Å². The minimum atomic E-state index is -0.848. The molecule has 0 saturated carbocycles. The second-order valence-corrected chi connectivity index (χ2v) is 8.65. The fraction of sp³-hybridized carbons (Fsp3) is 0.160. The van der Waals surface area contributed by atoms with Gasteiger partial charge in [-0.1, -0.05) is 56.1 Å². The Kier molecular flexibility index (Phi) is 8.05. The zero-order chi connectivity index (χ0) is 24.1. The summed E-state index contributed by atoms with van der Waals surface area (Å²) < 4.78 is 16.9. The van der Waals surface area contributed by atoms with Gasteiger partial charge >= 0.3 is 17.9 Å². The lowest BCUT2D eigenvalue weighted by atomic mass is 9.85. The molecule has 0 aliphatic carbocycles. The molecule has 3 rings (SSSR count). The Bertz CT molecular complexity index is 1200. The Morgan fingerprint density at radius 3 is 1.73 bits per heavy atom. The van der Waals surface area contributed by atoms with Crippen molar-refractivity contribution in [2.75, 3.05) is 20.8 Å². The minimum absolute atomic E-state index is 0.0631. The molecule has 0 N–H and O–H groups in total. The average Bonchev–Trinajstić information content (AvgIpc) is 2.83. The number of hydrogen-bond acceptors (Lipinski definition) is 6. The van der Waals surface area contributed by atoms with Gasteiger partial charge in [-0.2, -0.15) is 0 Å². The molecule has 0 fully saturated rings. The summed E-state index contributed by atoms with van der Waals surface area (Å²) in [6, 6.07) is 16.2. The summed E-state index contributed by atoms with van der Waals surface area (Å²) in [5.41, 5.74) is 2.01. The van der Waals surface area contributed by atoms with Crippen LogP contribution in [-0.4, -0.2) is 38.7 Å². The summed E-state index contributed by atoms with van der Waals surface area (Å²) in [7, 11) is 2.38. The van der Waals surface area contributed by atoms with E-state index < -0.39 is 17.9 Å². The predicted octanol–water partition coefficient (Wildman–Crippen LogP) is 6.30. The van der Waals surface area contributed by atoms with Crippen LogP contribution >= 0.6 is 31.9 Å².